The van der Waals surface area contributed by atoms with E-state index in [0.717, 1.165) is 4.57 Å². The van der Waals surface area contributed by atoms with Crippen LogP contribution in [0, 0.1) is 0 Å². The molecule has 0 aliphatic carbocycles. The second-order valence-electron chi connectivity index (χ2n) is 12.4. The minimum Gasteiger partial charge on any atom is -0.444 e. The molecule has 1 aromatic rings. The molecule has 0 aromatic carbocycles. The van der Waals surface area contributed by atoms with Crippen molar-refractivity contribution >= 4 is 41.3 Å². The largest absolute Gasteiger partial charge is 0.490 e. The number of nitrogens with zero attached hydrogens (tertiary/aromatic N) is 2. The number of aromatic nitrogens is 2. The van der Waals surface area contributed by atoms with Crippen molar-refractivity contribution in [3.63, 3.8) is 0 Å². The standard InChI is InChI=1S/C26H49N6O16P3/c1-26(2,3)46-25(36)30-13-8-6-10-18(27)23(34)29-12-7-4-5-9-15-43-49(37,38)47-51(41,42)48-50(39,40)44-17-20-19(33)16-22(45-20)32-14-11-21(28)31-24(32)35/h11,14,18-20,22,33H,4-10,12-13,15-17,27H2,1-3H3,(H,29,34)(H,30,36)(H,37,38)(H,39,40)(H,41,42)(H2,28,31,35)/t18?,19?,20-,22-/m1/s1. The van der Waals surface area contributed by atoms with Crippen LogP contribution in [-0.2, 0) is 45.6 Å². The Kier molecular flexibility index (Phi) is 17.8. The fourth-order valence-corrected chi connectivity index (χ4v) is 7.95. The number of hydrogen-bond acceptors (Lipinski definition) is 16. The van der Waals surface area contributed by atoms with Crippen molar-refractivity contribution in [3.05, 3.63) is 22.7 Å². The number of rotatable bonds is 22. The number of anilines is 1. The van der Waals surface area contributed by atoms with E-state index in [-0.39, 0.29) is 24.6 Å². The second kappa shape index (κ2) is 20.2. The maximum Gasteiger partial charge on any atom is 0.490 e. The fraction of sp³-hybridized carbons (Fsp3) is 0.769. The number of nitrogen functional groups attached to an aromatic ring is 1. The van der Waals surface area contributed by atoms with E-state index >= 15 is 0 Å². The average Bonchev–Trinajstić information content (AvgIpc) is 3.34. The summed E-state index contributed by atoms with van der Waals surface area (Å²) in [4.78, 5) is 68.7. The average molecular weight is 795 g/mol. The highest BCUT2D eigenvalue weighted by molar-refractivity contribution is 7.66. The first-order valence-corrected chi connectivity index (χ1v) is 20.5. The van der Waals surface area contributed by atoms with Crippen molar-refractivity contribution in [2.45, 2.75) is 102 Å². The number of unbranched alkanes of at least 4 members (excludes halogenated alkanes) is 4. The normalized spacial score (nSPS) is 21.9. The Bertz CT molecular complexity index is 1490. The Morgan fingerprint density at radius 3 is 2.25 bits per heavy atom. The monoisotopic (exact) mass is 794 g/mol. The molecular formula is C26H49N6O16P3. The Hall–Kier alpha value is -2.29. The highest BCUT2D eigenvalue weighted by atomic mass is 31.3. The van der Waals surface area contributed by atoms with Crippen LogP contribution in [0.4, 0.5) is 10.6 Å². The Morgan fingerprint density at radius 1 is 1.00 bits per heavy atom. The number of ether oxygens (including phenoxy) is 2. The molecule has 0 bridgehead atoms. The lowest BCUT2D eigenvalue weighted by Gasteiger charge is -2.20. The maximum atomic E-state index is 12.2. The van der Waals surface area contributed by atoms with Gasteiger partial charge < -0.3 is 51.4 Å². The van der Waals surface area contributed by atoms with Crippen LogP contribution in [0.15, 0.2) is 17.1 Å². The molecule has 294 valence electrons. The van der Waals surface area contributed by atoms with Crippen LogP contribution in [0.25, 0.3) is 0 Å². The third-order valence-electron chi connectivity index (χ3n) is 6.75. The van der Waals surface area contributed by atoms with Gasteiger partial charge in [0.15, 0.2) is 0 Å². The minimum absolute atomic E-state index is 0.0460. The van der Waals surface area contributed by atoms with Crippen molar-refractivity contribution in [2.75, 3.05) is 32.0 Å². The third kappa shape index (κ3) is 18.3. The SMILES string of the molecule is CC(C)(C)OC(=O)NCCCCC(N)C(=O)NCCCCCCOP(=O)(O)OP(=O)(O)OP(=O)(O)OC[C@H]1O[C@@H](n2ccc(N)nc2=O)CC1O. The molecule has 0 saturated carbocycles. The molecule has 51 heavy (non-hydrogen) atoms. The van der Waals surface area contributed by atoms with E-state index < -0.39 is 78.5 Å². The number of phosphoric ester groups is 2. The summed E-state index contributed by atoms with van der Waals surface area (Å²) in [5.74, 6) is -0.371. The van der Waals surface area contributed by atoms with Crippen LogP contribution in [0.5, 0.6) is 0 Å². The van der Waals surface area contributed by atoms with E-state index in [4.69, 9.17) is 20.9 Å². The van der Waals surface area contributed by atoms with Crippen molar-refractivity contribution in [1.82, 2.24) is 20.2 Å². The van der Waals surface area contributed by atoms with Crippen LogP contribution >= 0.6 is 23.5 Å². The van der Waals surface area contributed by atoms with Crippen molar-refractivity contribution in [2.24, 2.45) is 5.73 Å². The van der Waals surface area contributed by atoms with Crippen molar-refractivity contribution in [3.8, 4) is 0 Å². The number of phosphoric acid groups is 3. The first-order valence-electron chi connectivity index (χ1n) is 16.0. The van der Waals surface area contributed by atoms with Gasteiger partial charge in [-0.05, 0) is 58.9 Å². The first kappa shape index (κ1) is 44.9. The smallest absolute Gasteiger partial charge is 0.444 e. The fourth-order valence-electron chi connectivity index (χ4n) is 4.40. The van der Waals surface area contributed by atoms with E-state index in [2.05, 4.69) is 33.3 Å². The lowest BCUT2D eigenvalue weighted by molar-refractivity contribution is -0.122. The number of aliphatic hydroxyl groups excluding tert-OH is 1. The molecule has 10 N–H and O–H groups in total. The van der Waals surface area contributed by atoms with Gasteiger partial charge in [-0.3, -0.25) is 18.4 Å². The Labute approximate surface area is 294 Å². The molecular weight excluding hydrogens is 745 g/mol. The lowest BCUT2D eigenvalue weighted by Crippen LogP contribution is -2.41. The molecule has 2 amide bonds. The highest BCUT2D eigenvalue weighted by Gasteiger charge is 2.44. The van der Waals surface area contributed by atoms with Crippen LogP contribution in [-0.4, -0.2) is 91.5 Å². The number of alkyl carbamates (subject to hydrolysis) is 1. The number of nitrogens with two attached hydrogens (primary N) is 2. The van der Waals surface area contributed by atoms with Crippen molar-refractivity contribution in [1.29, 1.82) is 0 Å². The molecule has 25 heteroatoms. The maximum absolute atomic E-state index is 12.2. The minimum atomic E-state index is -5.71. The van der Waals surface area contributed by atoms with Gasteiger partial charge in [-0.25, -0.2) is 23.3 Å². The number of carbonyl (C=O) groups is 2. The van der Waals surface area contributed by atoms with E-state index in [1.54, 1.807) is 20.8 Å². The Morgan fingerprint density at radius 2 is 1.61 bits per heavy atom. The summed E-state index contributed by atoms with van der Waals surface area (Å²) in [6, 6.07) is 0.592. The van der Waals surface area contributed by atoms with Gasteiger partial charge in [-0.1, -0.05) is 12.8 Å². The molecule has 5 unspecified atom stereocenters. The van der Waals surface area contributed by atoms with Gasteiger partial charge in [0.25, 0.3) is 0 Å². The van der Waals surface area contributed by atoms with E-state index in [1.807, 2.05) is 0 Å². The predicted octanol–water partition coefficient (Wildman–Crippen LogP) is 1.54. The number of carbonyl (C=O) groups excluding carboxylic acids is 2. The van der Waals surface area contributed by atoms with E-state index in [0.29, 0.717) is 51.6 Å². The Balaban J connectivity index is 1.59. The summed E-state index contributed by atoms with van der Waals surface area (Å²) in [5.41, 5.74) is 9.97. The molecule has 1 saturated heterocycles. The van der Waals surface area contributed by atoms with Crippen LogP contribution in [0.1, 0.15) is 78.4 Å². The van der Waals surface area contributed by atoms with Crippen LogP contribution in [0.3, 0.4) is 0 Å². The molecule has 0 radical (unpaired) electrons. The van der Waals surface area contributed by atoms with Gasteiger partial charge in [0.2, 0.25) is 5.91 Å². The summed E-state index contributed by atoms with van der Waals surface area (Å²) in [6.07, 6.45) is 0.444. The zero-order chi connectivity index (χ0) is 38.5. The van der Waals surface area contributed by atoms with Crippen molar-refractivity contribution < 1.29 is 70.2 Å². The summed E-state index contributed by atoms with van der Waals surface area (Å²) < 4.78 is 65.4. The predicted molar refractivity (Wildman–Crippen MR) is 179 cm³/mol. The first-order chi connectivity index (χ1) is 23.6. The topological polar surface area (TPSA) is 333 Å². The zero-order valence-electron chi connectivity index (χ0n) is 28.5. The molecule has 1 aliphatic heterocycles. The summed E-state index contributed by atoms with van der Waals surface area (Å²) in [6.45, 7) is 4.74. The molecule has 7 atom stereocenters. The van der Waals surface area contributed by atoms with Crippen LogP contribution in [0.2, 0.25) is 0 Å². The van der Waals surface area contributed by atoms with Gasteiger partial charge >= 0.3 is 35.3 Å². The molecule has 0 spiro atoms. The number of nitrogens with one attached hydrogen (secondary N) is 2. The number of amides is 2. The van der Waals surface area contributed by atoms with Gasteiger partial charge in [0, 0.05) is 25.7 Å². The molecule has 1 aromatic heterocycles. The molecule has 2 heterocycles. The summed E-state index contributed by atoms with van der Waals surface area (Å²) >= 11 is 0. The molecule has 1 fully saturated rings. The van der Waals surface area contributed by atoms with Gasteiger partial charge in [-0.15, -0.1) is 0 Å². The summed E-state index contributed by atoms with van der Waals surface area (Å²) in [7, 11) is -16.4. The number of hydrogen-bond donors (Lipinski definition) is 8. The zero-order valence-corrected chi connectivity index (χ0v) is 31.2. The van der Waals surface area contributed by atoms with Gasteiger partial charge in [-0.2, -0.15) is 13.6 Å². The van der Waals surface area contributed by atoms with E-state index in [1.165, 1.54) is 12.3 Å². The van der Waals surface area contributed by atoms with Gasteiger partial charge in [0.05, 0.1) is 25.4 Å². The van der Waals surface area contributed by atoms with E-state index in [9.17, 15) is 47.9 Å². The van der Waals surface area contributed by atoms with Crippen LogP contribution < -0.4 is 27.8 Å². The highest BCUT2D eigenvalue weighted by Crippen LogP contribution is 2.67. The molecule has 22 nitrogen and oxygen atoms in total. The summed E-state index contributed by atoms with van der Waals surface area (Å²) in [5, 5.41) is 15.5. The third-order valence-corrected chi connectivity index (χ3v) is 11.0. The molecule has 1 aliphatic rings. The lowest BCUT2D eigenvalue weighted by atomic mass is 10.1. The molecule has 2 rings (SSSR count). The van der Waals surface area contributed by atoms with Gasteiger partial charge in [0.1, 0.15) is 23.8 Å². The number of aliphatic hydroxyl groups is 1. The quantitative estimate of drug-likeness (QED) is 0.0609. The second-order valence-corrected chi connectivity index (χ2v) is 17.0.